The van der Waals surface area contributed by atoms with Crippen LogP contribution in [-0.2, 0) is 0 Å². The monoisotopic (exact) mass is 272 g/mol. The Labute approximate surface area is 115 Å². The van der Waals surface area contributed by atoms with E-state index in [-0.39, 0.29) is 11.5 Å². The normalized spacial score (nSPS) is 22.4. The zero-order chi connectivity index (χ0) is 14.3. The number of nitrogens with one attached hydrogen (secondary N) is 1. The maximum Gasteiger partial charge on any atom is 0.256 e. The molecule has 0 radical (unpaired) electrons. The van der Waals surface area contributed by atoms with Crippen LogP contribution in [0.3, 0.4) is 0 Å². The number of likely N-dealkylation sites (tertiary alicyclic amines) is 1. The Hall–Kier alpha value is -2.14. The summed E-state index contributed by atoms with van der Waals surface area (Å²) < 4.78 is 0. The summed E-state index contributed by atoms with van der Waals surface area (Å²) in [6, 6.07) is 7.04. The van der Waals surface area contributed by atoms with Crippen LogP contribution in [0.15, 0.2) is 35.3 Å². The lowest BCUT2D eigenvalue weighted by Gasteiger charge is -2.19. The number of aliphatic hydroxyl groups is 1. The van der Waals surface area contributed by atoms with Crippen LogP contribution < -0.4 is 5.56 Å². The van der Waals surface area contributed by atoms with Crippen LogP contribution in [0.25, 0.3) is 10.8 Å². The van der Waals surface area contributed by atoms with Crippen molar-refractivity contribution < 1.29 is 9.90 Å². The maximum absolute atomic E-state index is 12.6. The molecule has 0 bridgehead atoms. The number of hydrogen-bond acceptors (Lipinski definition) is 3. The van der Waals surface area contributed by atoms with E-state index >= 15 is 0 Å². The van der Waals surface area contributed by atoms with Gasteiger partial charge in [-0.1, -0.05) is 18.2 Å². The van der Waals surface area contributed by atoms with Crippen LogP contribution in [0.2, 0.25) is 0 Å². The zero-order valence-corrected chi connectivity index (χ0v) is 11.2. The Kier molecular flexibility index (Phi) is 2.87. The minimum absolute atomic E-state index is 0.157. The highest BCUT2D eigenvalue weighted by Crippen LogP contribution is 2.24. The first-order valence-electron chi connectivity index (χ1n) is 6.60. The lowest BCUT2D eigenvalue weighted by atomic mass is 10.1. The van der Waals surface area contributed by atoms with Gasteiger partial charge in [-0.3, -0.25) is 9.59 Å². The standard InChI is InChI=1S/C15H16N2O3/c1-15(20)6-7-17(9-15)14(19)12-8-16-13(18)11-5-3-2-4-10(11)12/h2-5,8,20H,6-7,9H2,1H3,(H,16,18). The molecule has 5 heteroatoms. The Morgan fingerprint density at radius 1 is 1.35 bits per heavy atom. The third kappa shape index (κ3) is 2.10. The van der Waals surface area contributed by atoms with Crippen LogP contribution in [0.4, 0.5) is 0 Å². The molecule has 0 saturated carbocycles. The van der Waals surface area contributed by atoms with Gasteiger partial charge in [-0.15, -0.1) is 0 Å². The fraction of sp³-hybridized carbons (Fsp3) is 0.333. The number of benzene rings is 1. The number of carbonyl (C=O) groups is 1. The lowest BCUT2D eigenvalue weighted by Crippen LogP contribution is -2.34. The van der Waals surface area contributed by atoms with E-state index in [9.17, 15) is 14.7 Å². The van der Waals surface area contributed by atoms with E-state index in [1.807, 2.05) is 0 Å². The van der Waals surface area contributed by atoms with Crippen molar-refractivity contribution in [3.05, 3.63) is 46.4 Å². The molecule has 1 saturated heterocycles. The fourth-order valence-electron chi connectivity index (χ4n) is 2.67. The number of H-pyrrole nitrogens is 1. The molecular weight excluding hydrogens is 256 g/mol. The van der Waals surface area contributed by atoms with Crippen molar-refractivity contribution in [2.24, 2.45) is 0 Å². The van der Waals surface area contributed by atoms with Gasteiger partial charge < -0.3 is 15.0 Å². The lowest BCUT2D eigenvalue weighted by molar-refractivity contribution is 0.0573. The number of amides is 1. The molecule has 1 aromatic heterocycles. The SMILES string of the molecule is CC1(O)CCN(C(=O)c2c[nH]c(=O)c3ccccc23)C1. The van der Waals surface area contributed by atoms with E-state index in [1.54, 1.807) is 36.1 Å². The Bertz CT molecular complexity index is 733. The first-order valence-corrected chi connectivity index (χ1v) is 6.60. The van der Waals surface area contributed by atoms with Crippen molar-refractivity contribution in [1.82, 2.24) is 9.88 Å². The van der Waals surface area contributed by atoms with Crippen LogP contribution in [-0.4, -0.2) is 39.6 Å². The van der Waals surface area contributed by atoms with Crippen LogP contribution >= 0.6 is 0 Å². The molecule has 20 heavy (non-hydrogen) atoms. The highest BCUT2D eigenvalue weighted by Gasteiger charge is 2.34. The molecule has 1 atom stereocenters. The van der Waals surface area contributed by atoms with Crippen LogP contribution in [0, 0.1) is 0 Å². The van der Waals surface area contributed by atoms with Crippen molar-refractivity contribution in [2.45, 2.75) is 18.9 Å². The quantitative estimate of drug-likeness (QED) is 0.817. The van der Waals surface area contributed by atoms with E-state index in [2.05, 4.69) is 4.98 Å². The molecule has 2 N–H and O–H groups in total. The molecule has 1 fully saturated rings. The van der Waals surface area contributed by atoms with E-state index in [1.165, 1.54) is 6.20 Å². The molecule has 1 unspecified atom stereocenters. The molecule has 2 aromatic rings. The van der Waals surface area contributed by atoms with Gasteiger partial charge in [-0.2, -0.15) is 0 Å². The summed E-state index contributed by atoms with van der Waals surface area (Å²) in [7, 11) is 0. The van der Waals surface area contributed by atoms with Gasteiger partial charge in [0.15, 0.2) is 0 Å². The average molecular weight is 272 g/mol. The summed E-state index contributed by atoms with van der Waals surface area (Å²) in [4.78, 5) is 28.5. The third-order valence-electron chi connectivity index (χ3n) is 3.78. The average Bonchev–Trinajstić information content (AvgIpc) is 2.79. The van der Waals surface area contributed by atoms with Crippen molar-refractivity contribution in [2.75, 3.05) is 13.1 Å². The van der Waals surface area contributed by atoms with Crippen LogP contribution in [0.1, 0.15) is 23.7 Å². The third-order valence-corrected chi connectivity index (χ3v) is 3.78. The largest absolute Gasteiger partial charge is 0.388 e. The van der Waals surface area contributed by atoms with Crippen molar-refractivity contribution >= 4 is 16.7 Å². The smallest absolute Gasteiger partial charge is 0.256 e. The number of nitrogens with zero attached hydrogens (tertiary/aromatic N) is 1. The second-order valence-electron chi connectivity index (χ2n) is 5.55. The van der Waals surface area contributed by atoms with Crippen LogP contribution in [0.5, 0.6) is 0 Å². The molecule has 0 aliphatic carbocycles. The number of β-amino-alcohol motifs (C(OH)–C–C–N with tert-alkyl or cyclic N) is 1. The zero-order valence-electron chi connectivity index (χ0n) is 11.2. The van der Waals surface area contributed by atoms with Gasteiger partial charge in [0.2, 0.25) is 0 Å². The molecule has 5 nitrogen and oxygen atoms in total. The first kappa shape index (κ1) is 12.9. The predicted octanol–water partition coefficient (Wildman–Crippen LogP) is 1.12. The molecule has 1 amide bonds. The van der Waals surface area contributed by atoms with E-state index in [0.717, 1.165) is 0 Å². The molecule has 0 spiro atoms. The minimum Gasteiger partial charge on any atom is -0.388 e. The number of aromatic amines is 1. The second kappa shape index (κ2) is 4.45. The highest BCUT2D eigenvalue weighted by atomic mass is 16.3. The molecule has 2 heterocycles. The number of pyridine rings is 1. The summed E-state index contributed by atoms with van der Waals surface area (Å²) in [5.74, 6) is -0.157. The van der Waals surface area contributed by atoms with Gasteiger partial charge in [0.05, 0.1) is 11.2 Å². The van der Waals surface area contributed by atoms with Gasteiger partial charge in [0.1, 0.15) is 0 Å². The Balaban J connectivity index is 2.05. The van der Waals surface area contributed by atoms with Gasteiger partial charge in [0.25, 0.3) is 11.5 Å². The first-order chi connectivity index (χ1) is 9.48. The maximum atomic E-state index is 12.6. The molecule has 104 valence electrons. The Morgan fingerprint density at radius 3 is 2.70 bits per heavy atom. The predicted molar refractivity (Wildman–Crippen MR) is 75.7 cm³/mol. The second-order valence-corrected chi connectivity index (χ2v) is 5.55. The number of rotatable bonds is 1. The van der Waals surface area contributed by atoms with E-state index < -0.39 is 5.60 Å². The summed E-state index contributed by atoms with van der Waals surface area (Å²) in [6.07, 6.45) is 2.03. The summed E-state index contributed by atoms with van der Waals surface area (Å²) >= 11 is 0. The molecule has 3 rings (SSSR count). The van der Waals surface area contributed by atoms with E-state index in [4.69, 9.17) is 0 Å². The number of aromatic nitrogens is 1. The molecular formula is C15H16N2O3. The van der Waals surface area contributed by atoms with Crippen molar-refractivity contribution in [1.29, 1.82) is 0 Å². The molecule has 1 aromatic carbocycles. The topological polar surface area (TPSA) is 73.4 Å². The number of hydrogen-bond donors (Lipinski definition) is 2. The highest BCUT2D eigenvalue weighted by molar-refractivity contribution is 6.06. The van der Waals surface area contributed by atoms with Crippen molar-refractivity contribution in [3.63, 3.8) is 0 Å². The van der Waals surface area contributed by atoms with Gasteiger partial charge >= 0.3 is 0 Å². The summed E-state index contributed by atoms with van der Waals surface area (Å²) in [6.45, 7) is 2.57. The summed E-state index contributed by atoms with van der Waals surface area (Å²) in [5.41, 5.74) is -0.559. The van der Waals surface area contributed by atoms with E-state index in [0.29, 0.717) is 35.8 Å². The van der Waals surface area contributed by atoms with Gasteiger partial charge in [0, 0.05) is 30.1 Å². The molecule has 1 aliphatic rings. The molecule has 1 aliphatic heterocycles. The van der Waals surface area contributed by atoms with Crippen molar-refractivity contribution in [3.8, 4) is 0 Å². The van der Waals surface area contributed by atoms with Gasteiger partial charge in [-0.05, 0) is 19.4 Å². The summed E-state index contributed by atoms with van der Waals surface area (Å²) in [5, 5.41) is 11.1. The fourth-order valence-corrected chi connectivity index (χ4v) is 2.67. The minimum atomic E-state index is -0.826. The Morgan fingerprint density at radius 2 is 2.05 bits per heavy atom. The van der Waals surface area contributed by atoms with Gasteiger partial charge in [-0.25, -0.2) is 0 Å². The number of fused-ring (bicyclic) bond motifs is 1. The number of carbonyl (C=O) groups excluding carboxylic acids is 1.